The molecule has 1 aliphatic rings. The van der Waals surface area contributed by atoms with Crippen molar-refractivity contribution >= 4 is 15.8 Å². The van der Waals surface area contributed by atoms with Crippen LogP contribution in [0.1, 0.15) is 57.4 Å². The summed E-state index contributed by atoms with van der Waals surface area (Å²) in [6, 6.07) is 4.37. The van der Waals surface area contributed by atoms with E-state index in [1.807, 2.05) is 13.8 Å². The molecule has 1 aliphatic heterocycles. The minimum absolute atomic E-state index is 0.164. The Hall–Kier alpha value is -2.16. The van der Waals surface area contributed by atoms with E-state index in [0.29, 0.717) is 36.0 Å². The number of nitrogens with zero attached hydrogens (tertiary/aromatic N) is 3. The maximum atomic E-state index is 14.1. The Labute approximate surface area is 183 Å². The molecule has 1 unspecified atom stereocenters. The van der Waals surface area contributed by atoms with Gasteiger partial charge in [0, 0.05) is 36.9 Å². The van der Waals surface area contributed by atoms with Crippen molar-refractivity contribution in [3.05, 3.63) is 35.5 Å². The lowest BCUT2D eigenvalue weighted by atomic mass is 9.84. The quantitative estimate of drug-likeness (QED) is 0.562. The lowest BCUT2D eigenvalue weighted by Crippen LogP contribution is -2.36. The van der Waals surface area contributed by atoms with E-state index in [4.69, 9.17) is 9.26 Å². The number of ether oxygens (including phenoxy) is 1. The third-order valence-corrected chi connectivity index (χ3v) is 6.67. The molecular weight excluding hydrogens is 421 g/mol. The Kier molecular flexibility index (Phi) is 7.56. The summed E-state index contributed by atoms with van der Waals surface area (Å²) in [5, 5.41) is 4.10. The molecule has 0 radical (unpaired) electrons. The molecule has 2 heterocycles. The molecule has 9 heteroatoms. The number of rotatable bonds is 9. The van der Waals surface area contributed by atoms with E-state index in [1.54, 1.807) is 6.07 Å². The molecule has 0 bridgehead atoms. The van der Waals surface area contributed by atoms with Crippen molar-refractivity contribution < 1.29 is 22.1 Å². The van der Waals surface area contributed by atoms with Crippen molar-refractivity contribution in [2.45, 2.75) is 51.7 Å². The van der Waals surface area contributed by atoms with E-state index in [0.717, 1.165) is 38.6 Å². The van der Waals surface area contributed by atoms with Gasteiger partial charge in [-0.25, -0.2) is 12.8 Å². The van der Waals surface area contributed by atoms with Crippen molar-refractivity contribution in [3.8, 4) is 5.75 Å². The normalized spacial score (nSPS) is 16.6. The van der Waals surface area contributed by atoms with Crippen LogP contribution in [0, 0.1) is 17.7 Å². The van der Waals surface area contributed by atoms with E-state index in [1.165, 1.54) is 12.1 Å². The van der Waals surface area contributed by atoms with Crippen LogP contribution in [0.5, 0.6) is 5.75 Å². The molecule has 0 aliphatic carbocycles. The van der Waals surface area contributed by atoms with Crippen LogP contribution in [0.3, 0.4) is 0 Å². The van der Waals surface area contributed by atoms with Crippen LogP contribution in [0.25, 0.3) is 0 Å². The van der Waals surface area contributed by atoms with Crippen LogP contribution in [0.15, 0.2) is 22.7 Å². The highest BCUT2D eigenvalue weighted by atomic mass is 32.2. The van der Waals surface area contributed by atoms with Crippen LogP contribution < -0.4 is 9.64 Å². The maximum absolute atomic E-state index is 14.1. The molecule has 1 aromatic heterocycles. The molecule has 0 amide bonds. The Morgan fingerprint density at radius 2 is 1.97 bits per heavy atom. The molecule has 1 aromatic carbocycles. The second kappa shape index (κ2) is 9.97. The van der Waals surface area contributed by atoms with E-state index in [-0.39, 0.29) is 17.2 Å². The monoisotopic (exact) mass is 453 g/mol. The predicted molar refractivity (Wildman–Crippen MR) is 118 cm³/mol. The third-order valence-electron chi connectivity index (χ3n) is 5.84. The first-order valence-electron chi connectivity index (χ1n) is 10.8. The van der Waals surface area contributed by atoms with Gasteiger partial charge >= 0.3 is 0 Å². The van der Waals surface area contributed by atoms with Gasteiger partial charge in [0.05, 0.1) is 12.4 Å². The zero-order valence-corrected chi connectivity index (χ0v) is 19.5. The van der Waals surface area contributed by atoms with Crippen LogP contribution in [-0.4, -0.2) is 44.5 Å². The molecule has 1 fully saturated rings. The molecule has 1 saturated heterocycles. The van der Waals surface area contributed by atoms with E-state index < -0.39 is 15.7 Å². The molecule has 1 atom stereocenters. The van der Waals surface area contributed by atoms with Crippen LogP contribution in [0.4, 0.5) is 10.3 Å². The molecular formula is C22H32FN3O4S. The lowest BCUT2D eigenvalue weighted by Gasteiger charge is -2.34. The zero-order chi connectivity index (χ0) is 22.6. The highest BCUT2D eigenvalue weighted by Gasteiger charge is 2.26. The van der Waals surface area contributed by atoms with Crippen LogP contribution >= 0.6 is 0 Å². The average molecular weight is 454 g/mol. The topological polar surface area (TPSA) is 85.5 Å². The second-order valence-electron chi connectivity index (χ2n) is 8.85. The molecule has 2 aromatic rings. The Morgan fingerprint density at radius 3 is 2.55 bits per heavy atom. The van der Waals surface area contributed by atoms with Crippen molar-refractivity contribution in [1.82, 2.24) is 10.1 Å². The number of sulfone groups is 1. The van der Waals surface area contributed by atoms with Crippen LogP contribution in [-0.2, 0) is 15.6 Å². The number of hydrogen-bond acceptors (Lipinski definition) is 7. The number of hydrogen-bond donors (Lipinski definition) is 0. The first-order chi connectivity index (χ1) is 14.6. The summed E-state index contributed by atoms with van der Waals surface area (Å²) in [6.07, 6.45) is 4.08. The van der Waals surface area contributed by atoms with Gasteiger partial charge in [0.25, 0.3) is 5.95 Å². The summed E-state index contributed by atoms with van der Waals surface area (Å²) >= 11 is 0. The Balaban J connectivity index is 1.43. The first kappa shape index (κ1) is 23.5. The summed E-state index contributed by atoms with van der Waals surface area (Å²) in [5.74, 6) is 2.21. The van der Waals surface area contributed by atoms with Gasteiger partial charge < -0.3 is 14.2 Å². The summed E-state index contributed by atoms with van der Waals surface area (Å²) in [5.41, 5.74) is 0.164. The highest BCUT2D eigenvalue weighted by Crippen LogP contribution is 2.29. The van der Waals surface area contributed by atoms with Gasteiger partial charge in [0.15, 0.2) is 9.84 Å². The Morgan fingerprint density at radius 1 is 1.26 bits per heavy atom. The molecule has 31 heavy (non-hydrogen) atoms. The first-order valence-corrected chi connectivity index (χ1v) is 12.9. The van der Waals surface area contributed by atoms with Crippen molar-refractivity contribution in [3.63, 3.8) is 0 Å². The van der Waals surface area contributed by atoms with E-state index >= 15 is 0 Å². The Bertz CT molecular complexity index is 969. The summed E-state index contributed by atoms with van der Waals surface area (Å²) in [4.78, 5) is 6.66. The fourth-order valence-electron chi connectivity index (χ4n) is 3.87. The summed E-state index contributed by atoms with van der Waals surface area (Å²) in [7, 11) is -3.27. The minimum Gasteiger partial charge on any atom is -0.493 e. The van der Waals surface area contributed by atoms with Gasteiger partial charge in [0.2, 0.25) is 5.89 Å². The molecule has 172 valence electrons. The van der Waals surface area contributed by atoms with Crippen molar-refractivity contribution in [2.24, 2.45) is 11.8 Å². The van der Waals surface area contributed by atoms with Gasteiger partial charge in [-0.05, 0) is 42.3 Å². The molecule has 0 saturated carbocycles. The second-order valence-corrected chi connectivity index (χ2v) is 11.0. The van der Waals surface area contributed by atoms with Gasteiger partial charge in [-0.15, -0.1) is 0 Å². The van der Waals surface area contributed by atoms with Crippen LogP contribution in [0.2, 0.25) is 0 Å². The zero-order valence-electron chi connectivity index (χ0n) is 18.7. The summed E-state index contributed by atoms with van der Waals surface area (Å²) < 4.78 is 47.8. The number of aromatic nitrogens is 2. The van der Waals surface area contributed by atoms with E-state index in [2.05, 4.69) is 22.0 Å². The minimum atomic E-state index is -3.27. The largest absolute Gasteiger partial charge is 0.493 e. The number of benzene rings is 1. The van der Waals surface area contributed by atoms with Gasteiger partial charge in [-0.1, -0.05) is 26.8 Å². The number of anilines is 1. The molecule has 0 spiro atoms. The van der Waals surface area contributed by atoms with Crippen molar-refractivity contribution in [2.75, 3.05) is 30.9 Å². The smallest absolute Gasteiger partial charge is 0.266 e. The average Bonchev–Trinajstić information content (AvgIpc) is 3.20. The van der Waals surface area contributed by atoms with Gasteiger partial charge in [-0.3, -0.25) is 0 Å². The molecule has 3 rings (SSSR count). The summed E-state index contributed by atoms with van der Waals surface area (Å²) in [6.45, 7) is 8.59. The lowest BCUT2D eigenvalue weighted by molar-refractivity contribution is 0.222. The number of piperidine rings is 1. The van der Waals surface area contributed by atoms with Crippen molar-refractivity contribution in [1.29, 1.82) is 0 Å². The van der Waals surface area contributed by atoms with Gasteiger partial charge in [0.1, 0.15) is 11.6 Å². The number of halogens is 1. The SMILES string of the molecule is CC(C)c1nc(N2CCC(C(C)CCOc3ccc(CS(C)(=O)=O)c(F)c3)CC2)no1. The van der Waals surface area contributed by atoms with Gasteiger partial charge in [-0.2, -0.15) is 4.98 Å². The fourth-order valence-corrected chi connectivity index (χ4v) is 4.67. The van der Waals surface area contributed by atoms with E-state index in [9.17, 15) is 12.8 Å². The fraction of sp³-hybridized carbons (Fsp3) is 0.636. The third kappa shape index (κ3) is 6.66. The molecule has 7 nitrogen and oxygen atoms in total. The highest BCUT2D eigenvalue weighted by molar-refractivity contribution is 7.89. The predicted octanol–water partition coefficient (Wildman–Crippen LogP) is 4.20. The maximum Gasteiger partial charge on any atom is 0.266 e. The standard InChI is InChI=1S/C22H32FN3O4S/c1-15(2)21-24-22(25-30-21)26-10-7-17(8-11-26)16(3)9-12-29-19-6-5-18(20(23)13-19)14-31(4,27)28/h5-6,13,15-17H,7-12,14H2,1-4H3. The molecule has 0 N–H and O–H groups in total.